The Morgan fingerprint density at radius 1 is 1.33 bits per heavy atom. The van der Waals surface area contributed by atoms with Crippen molar-refractivity contribution in [3.8, 4) is 0 Å². The molecule has 5 nitrogen and oxygen atoms in total. The second-order valence-corrected chi connectivity index (χ2v) is 7.06. The molecule has 0 aliphatic heterocycles. The summed E-state index contributed by atoms with van der Waals surface area (Å²) in [5.41, 5.74) is 4.21. The Hall–Kier alpha value is -1.28. The molecule has 2 rings (SSSR count). The lowest BCUT2D eigenvalue weighted by atomic mass is 10.1. The van der Waals surface area contributed by atoms with Gasteiger partial charge in [-0.05, 0) is 29.7 Å². The summed E-state index contributed by atoms with van der Waals surface area (Å²) in [5.74, 6) is 0. The Morgan fingerprint density at radius 3 is 2.76 bits per heavy atom. The van der Waals surface area contributed by atoms with Gasteiger partial charge in [-0.15, -0.1) is 11.3 Å². The number of nitrogens with zero attached hydrogens (tertiary/aromatic N) is 1. The Bertz CT molecular complexity index is 682. The highest BCUT2D eigenvalue weighted by Gasteiger charge is 2.15. The molecule has 0 spiro atoms. The third-order valence-corrected chi connectivity index (χ3v) is 5.29. The quantitative estimate of drug-likeness (QED) is 0.812. The maximum Gasteiger partial charge on any atom is 0.240 e. The van der Waals surface area contributed by atoms with Gasteiger partial charge in [-0.25, -0.2) is 18.1 Å². The van der Waals surface area contributed by atoms with E-state index in [4.69, 9.17) is 0 Å². The Balaban J connectivity index is 2.08. The predicted molar refractivity (Wildman–Crippen MR) is 82.7 cm³/mol. The molecule has 0 aliphatic rings. The molecule has 114 valence electrons. The number of aryl methyl sites for hydroxylation is 1. The van der Waals surface area contributed by atoms with Crippen molar-refractivity contribution in [3.63, 3.8) is 0 Å². The van der Waals surface area contributed by atoms with E-state index in [1.165, 1.54) is 17.4 Å². The van der Waals surface area contributed by atoms with Crippen LogP contribution in [0.25, 0.3) is 0 Å². The van der Waals surface area contributed by atoms with E-state index in [1.807, 2.05) is 12.3 Å². The number of aliphatic hydroxyl groups excluding tert-OH is 1. The van der Waals surface area contributed by atoms with Gasteiger partial charge in [-0.2, -0.15) is 0 Å². The molecule has 0 saturated carbocycles. The standard InChI is InChI=1S/C14H18N2O3S2/c1-2-11-3-4-14(7-12(11)8-17)21(18,19)16-6-5-13-9-20-10-15-13/h3-4,7,9-10,16-17H,2,5-6,8H2,1H3. The molecular weight excluding hydrogens is 308 g/mol. The number of hydrogen-bond acceptors (Lipinski definition) is 5. The van der Waals surface area contributed by atoms with Gasteiger partial charge in [-0.3, -0.25) is 0 Å². The lowest BCUT2D eigenvalue weighted by Gasteiger charge is -2.10. The normalized spacial score (nSPS) is 11.7. The van der Waals surface area contributed by atoms with Crippen LogP contribution in [0.15, 0.2) is 34.0 Å². The predicted octanol–water partition coefficient (Wildman–Crippen LogP) is 1.72. The Kier molecular flexibility index (Phi) is 5.46. The van der Waals surface area contributed by atoms with E-state index >= 15 is 0 Å². The summed E-state index contributed by atoms with van der Waals surface area (Å²) in [7, 11) is -3.56. The second-order valence-electron chi connectivity index (χ2n) is 4.57. The zero-order valence-corrected chi connectivity index (χ0v) is 13.4. The minimum atomic E-state index is -3.56. The smallest absolute Gasteiger partial charge is 0.240 e. The zero-order chi connectivity index (χ0) is 15.3. The van der Waals surface area contributed by atoms with Crippen molar-refractivity contribution >= 4 is 21.4 Å². The molecule has 0 aliphatic carbocycles. The molecule has 0 bridgehead atoms. The fourth-order valence-electron chi connectivity index (χ4n) is 2.02. The first-order valence-electron chi connectivity index (χ1n) is 6.66. The van der Waals surface area contributed by atoms with Crippen LogP contribution in [0.2, 0.25) is 0 Å². The lowest BCUT2D eigenvalue weighted by molar-refractivity contribution is 0.280. The van der Waals surface area contributed by atoms with E-state index < -0.39 is 10.0 Å². The highest BCUT2D eigenvalue weighted by molar-refractivity contribution is 7.89. The maximum absolute atomic E-state index is 12.2. The molecule has 1 heterocycles. The van der Waals surface area contributed by atoms with E-state index in [0.29, 0.717) is 18.5 Å². The van der Waals surface area contributed by atoms with E-state index in [-0.39, 0.29) is 11.5 Å². The zero-order valence-electron chi connectivity index (χ0n) is 11.7. The van der Waals surface area contributed by atoms with Crippen LogP contribution in [0, 0.1) is 0 Å². The molecular formula is C14H18N2O3S2. The summed E-state index contributed by atoms with van der Waals surface area (Å²) in [6.07, 6.45) is 1.32. The first-order chi connectivity index (χ1) is 10.1. The van der Waals surface area contributed by atoms with Gasteiger partial charge in [0.05, 0.1) is 22.7 Å². The van der Waals surface area contributed by atoms with Crippen molar-refractivity contribution < 1.29 is 13.5 Å². The first-order valence-corrected chi connectivity index (χ1v) is 9.09. The minimum Gasteiger partial charge on any atom is -0.392 e. The van der Waals surface area contributed by atoms with Gasteiger partial charge in [0.2, 0.25) is 10.0 Å². The number of aliphatic hydroxyl groups is 1. The third kappa shape index (κ3) is 4.10. The van der Waals surface area contributed by atoms with Gasteiger partial charge in [0.15, 0.2) is 0 Å². The van der Waals surface area contributed by atoms with Crippen molar-refractivity contribution in [2.24, 2.45) is 0 Å². The number of sulfonamides is 1. The van der Waals surface area contributed by atoms with Gasteiger partial charge in [0.1, 0.15) is 0 Å². The fourth-order valence-corrected chi connectivity index (χ4v) is 3.69. The molecule has 0 atom stereocenters. The monoisotopic (exact) mass is 326 g/mol. The Labute approximate surface area is 128 Å². The summed E-state index contributed by atoms with van der Waals surface area (Å²) in [5, 5.41) is 11.2. The topological polar surface area (TPSA) is 79.3 Å². The van der Waals surface area contributed by atoms with Crippen molar-refractivity contribution in [2.75, 3.05) is 6.54 Å². The summed E-state index contributed by atoms with van der Waals surface area (Å²) < 4.78 is 27.0. The third-order valence-electron chi connectivity index (χ3n) is 3.20. The largest absolute Gasteiger partial charge is 0.392 e. The highest BCUT2D eigenvalue weighted by atomic mass is 32.2. The van der Waals surface area contributed by atoms with Gasteiger partial charge in [0, 0.05) is 18.3 Å². The van der Waals surface area contributed by atoms with Crippen molar-refractivity contribution in [2.45, 2.75) is 31.3 Å². The van der Waals surface area contributed by atoms with Crippen LogP contribution in [0.4, 0.5) is 0 Å². The summed E-state index contributed by atoms with van der Waals surface area (Å²) in [6.45, 7) is 2.11. The molecule has 2 N–H and O–H groups in total. The van der Waals surface area contributed by atoms with Gasteiger partial charge in [-0.1, -0.05) is 13.0 Å². The average molecular weight is 326 g/mol. The van der Waals surface area contributed by atoms with Crippen LogP contribution in [0.5, 0.6) is 0 Å². The van der Waals surface area contributed by atoms with Crippen LogP contribution >= 0.6 is 11.3 Å². The molecule has 0 saturated heterocycles. The van der Waals surface area contributed by atoms with E-state index in [1.54, 1.807) is 17.6 Å². The Morgan fingerprint density at radius 2 is 2.14 bits per heavy atom. The van der Waals surface area contributed by atoms with E-state index in [9.17, 15) is 13.5 Å². The van der Waals surface area contributed by atoms with Crippen molar-refractivity contribution in [3.05, 3.63) is 45.9 Å². The molecule has 1 aromatic carbocycles. The lowest BCUT2D eigenvalue weighted by Crippen LogP contribution is -2.26. The SMILES string of the molecule is CCc1ccc(S(=O)(=O)NCCc2cscn2)cc1CO. The molecule has 1 aromatic heterocycles. The number of hydrogen-bond donors (Lipinski definition) is 2. The number of nitrogens with one attached hydrogen (secondary N) is 1. The number of aromatic nitrogens is 1. The van der Waals surface area contributed by atoms with Crippen LogP contribution in [-0.2, 0) is 29.5 Å². The van der Waals surface area contributed by atoms with Crippen LogP contribution in [0.1, 0.15) is 23.7 Å². The molecule has 0 unspecified atom stereocenters. The highest BCUT2D eigenvalue weighted by Crippen LogP contribution is 2.17. The molecule has 7 heteroatoms. The van der Waals surface area contributed by atoms with E-state index in [0.717, 1.165) is 17.7 Å². The van der Waals surface area contributed by atoms with Gasteiger partial charge < -0.3 is 5.11 Å². The molecule has 0 amide bonds. The van der Waals surface area contributed by atoms with Crippen molar-refractivity contribution in [1.82, 2.24) is 9.71 Å². The van der Waals surface area contributed by atoms with Crippen LogP contribution in [0.3, 0.4) is 0 Å². The molecule has 0 radical (unpaired) electrons. The summed E-state index contributed by atoms with van der Waals surface area (Å²) in [6, 6.07) is 4.85. The molecule has 21 heavy (non-hydrogen) atoms. The van der Waals surface area contributed by atoms with Gasteiger partial charge in [0.25, 0.3) is 0 Å². The second kappa shape index (κ2) is 7.13. The van der Waals surface area contributed by atoms with Crippen molar-refractivity contribution in [1.29, 1.82) is 0 Å². The number of thiazole rings is 1. The van der Waals surface area contributed by atoms with Crippen LogP contribution < -0.4 is 4.72 Å². The maximum atomic E-state index is 12.2. The number of rotatable bonds is 7. The molecule has 0 fully saturated rings. The average Bonchev–Trinajstić information content (AvgIpc) is 2.99. The molecule has 2 aromatic rings. The van der Waals surface area contributed by atoms with E-state index in [2.05, 4.69) is 9.71 Å². The van der Waals surface area contributed by atoms with Crippen LogP contribution in [-0.4, -0.2) is 25.1 Å². The first kappa shape index (κ1) is 16.1. The van der Waals surface area contributed by atoms with Gasteiger partial charge >= 0.3 is 0 Å². The number of benzene rings is 1. The minimum absolute atomic E-state index is 0.161. The summed E-state index contributed by atoms with van der Waals surface area (Å²) >= 11 is 1.49. The fraction of sp³-hybridized carbons (Fsp3) is 0.357. The summed E-state index contributed by atoms with van der Waals surface area (Å²) in [4.78, 5) is 4.29.